The van der Waals surface area contributed by atoms with Gasteiger partial charge >= 0.3 is 0 Å². The molecule has 0 radical (unpaired) electrons. The van der Waals surface area contributed by atoms with E-state index in [1.54, 1.807) is 0 Å². The largest absolute Gasteiger partial charge is 0.309 e. The highest BCUT2D eigenvalue weighted by Gasteiger charge is 2.27. The molecule has 15 aromatic rings. The van der Waals surface area contributed by atoms with E-state index < -0.39 is 0 Å². The van der Waals surface area contributed by atoms with Crippen molar-refractivity contribution < 1.29 is 0 Å². The Labute approximate surface area is 344 Å². The number of nitrogens with zero attached hydrogens (tertiary/aromatic N) is 5. The summed E-state index contributed by atoms with van der Waals surface area (Å²) >= 11 is 1.88. The van der Waals surface area contributed by atoms with Crippen molar-refractivity contribution in [3.05, 3.63) is 176 Å². The second kappa shape index (κ2) is 11.0. The molecule has 0 aliphatic heterocycles. The van der Waals surface area contributed by atoms with Gasteiger partial charge in [-0.2, -0.15) is 0 Å². The molecule has 0 atom stereocenters. The molecule has 5 nitrogen and oxygen atoms in total. The Morgan fingerprint density at radius 2 is 1.07 bits per heavy atom. The highest BCUT2D eigenvalue weighted by molar-refractivity contribution is 7.26. The van der Waals surface area contributed by atoms with Gasteiger partial charge in [0.05, 0.1) is 49.8 Å². The Morgan fingerprint density at radius 1 is 0.383 bits per heavy atom. The third-order valence-corrected chi connectivity index (χ3v) is 14.3. The number of para-hydroxylation sites is 3. The van der Waals surface area contributed by atoms with Crippen LogP contribution in [0.25, 0.3) is 136 Å². The number of hydrogen-bond donors (Lipinski definition) is 0. The molecular weight excluding hydrogens is 751 g/mol. The van der Waals surface area contributed by atoms with E-state index in [4.69, 9.17) is 9.97 Å². The van der Waals surface area contributed by atoms with Crippen LogP contribution in [0.1, 0.15) is 0 Å². The van der Waals surface area contributed by atoms with Gasteiger partial charge < -0.3 is 8.97 Å². The topological polar surface area (TPSA) is 40.0 Å². The molecule has 0 amide bonds. The van der Waals surface area contributed by atoms with E-state index in [1.165, 1.54) is 74.6 Å². The zero-order valence-corrected chi connectivity index (χ0v) is 32.7. The maximum atomic E-state index is 5.68. The van der Waals surface area contributed by atoms with Crippen LogP contribution in [0.2, 0.25) is 0 Å². The zero-order valence-electron chi connectivity index (χ0n) is 31.9. The molecule has 6 heterocycles. The van der Waals surface area contributed by atoms with Gasteiger partial charge in [0.2, 0.25) is 5.95 Å². The highest BCUT2D eigenvalue weighted by atomic mass is 32.1. The summed E-state index contributed by atoms with van der Waals surface area (Å²) in [6.45, 7) is 0. The van der Waals surface area contributed by atoms with Crippen LogP contribution in [-0.4, -0.2) is 23.5 Å². The minimum absolute atomic E-state index is 0.669. The smallest absolute Gasteiger partial charge is 0.235 e. The van der Waals surface area contributed by atoms with Crippen LogP contribution in [0.4, 0.5) is 0 Å². The molecule has 0 bridgehead atoms. The number of benzene rings is 9. The van der Waals surface area contributed by atoms with Crippen molar-refractivity contribution in [2.24, 2.45) is 0 Å². The van der Waals surface area contributed by atoms with E-state index in [1.807, 2.05) is 11.3 Å². The van der Waals surface area contributed by atoms with Gasteiger partial charge in [-0.25, -0.2) is 9.97 Å². The molecule has 0 N–H and O–H groups in total. The van der Waals surface area contributed by atoms with E-state index in [9.17, 15) is 0 Å². The number of rotatable bonds is 3. The van der Waals surface area contributed by atoms with E-state index >= 15 is 0 Å². The predicted octanol–water partition coefficient (Wildman–Crippen LogP) is 14.4. The molecule has 9 aromatic carbocycles. The molecule has 0 fully saturated rings. The van der Waals surface area contributed by atoms with Crippen LogP contribution in [0.3, 0.4) is 0 Å². The van der Waals surface area contributed by atoms with Gasteiger partial charge in [0.25, 0.3) is 0 Å². The Bertz CT molecular complexity index is 4300. The fraction of sp³-hybridized carbons (Fsp3) is 0. The number of aromatic nitrogens is 5. The molecular formula is C54H29N5S. The number of hydrogen-bond acceptors (Lipinski definition) is 3. The standard InChI is InChI=1S/C54H29N5S/c1-2-12-32(13-3-1)57-39-17-8-7-16-35(39)38-29-31(22-25-41(38)57)51-37-23-21-30-11-4-5-14-33(30)52(37)56-54(55-51)59-43-27-28-46-50-47-42(19-10-20-45(47)60-46)58-40-18-9-6-15-34(40)36-24-26-44(59)49(48(43)50)53(36)58/h1-29H. The molecule has 0 spiro atoms. The number of fused-ring (bicyclic) bond motifs is 10. The summed E-state index contributed by atoms with van der Waals surface area (Å²) in [6.07, 6.45) is 0. The zero-order chi connectivity index (χ0) is 38.8. The van der Waals surface area contributed by atoms with Crippen LogP contribution in [0.15, 0.2) is 176 Å². The molecule has 6 heteroatoms. The van der Waals surface area contributed by atoms with Crippen molar-refractivity contribution in [2.75, 3.05) is 0 Å². The second-order valence-corrected chi connectivity index (χ2v) is 17.2. The Kier molecular flexibility index (Phi) is 5.74. The lowest BCUT2D eigenvalue weighted by molar-refractivity contribution is 1.02. The first kappa shape index (κ1) is 31.2. The molecule has 60 heavy (non-hydrogen) atoms. The average molecular weight is 780 g/mol. The van der Waals surface area contributed by atoms with E-state index in [-0.39, 0.29) is 0 Å². The summed E-state index contributed by atoms with van der Waals surface area (Å²) in [5.74, 6) is 0.669. The van der Waals surface area contributed by atoms with Crippen LogP contribution >= 0.6 is 11.3 Å². The molecule has 0 unspecified atom stereocenters. The SMILES string of the molecule is c1ccc(-n2c3ccccc3c3cc(-c4nc(-n5c6ccc7sc8cccc9c8c7c6c6c5ccc5c7ccccc7n9c56)nc5c4ccc4ccccc45)ccc32)cc1. The third kappa shape index (κ3) is 3.78. The summed E-state index contributed by atoms with van der Waals surface area (Å²) in [5.41, 5.74) is 12.3. The van der Waals surface area contributed by atoms with Crippen molar-refractivity contribution in [2.45, 2.75) is 0 Å². The van der Waals surface area contributed by atoms with Gasteiger partial charge in [-0.1, -0.05) is 103 Å². The Hall–Kier alpha value is -7.80. The predicted molar refractivity (Wildman–Crippen MR) is 252 cm³/mol. The van der Waals surface area contributed by atoms with Gasteiger partial charge in [-0.3, -0.25) is 4.57 Å². The summed E-state index contributed by atoms with van der Waals surface area (Å²) in [6, 6.07) is 64.1. The van der Waals surface area contributed by atoms with Crippen LogP contribution in [-0.2, 0) is 0 Å². The normalized spacial score (nSPS) is 12.7. The van der Waals surface area contributed by atoms with Crippen molar-refractivity contribution in [1.29, 1.82) is 0 Å². The fourth-order valence-corrected chi connectivity index (χ4v) is 11.9. The molecule has 0 aliphatic carbocycles. The minimum atomic E-state index is 0.669. The second-order valence-electron chi connectivity index (χ2n) is 16.1. The van der Waals surface area contributed by atoms with Gasteiger partial charge in [0.15, 0.2) is 0 Å². The third-order valence-electron chi connectivity index (χ3n) is 13.1. The van der Waals surface area contributed by atoms with Crippen molar-refractivity contribution >= 4 is 124 Å². The molecule has 0 saturated carbocycles. The fourth-order valence-electron chi connectivity index (χ4n) is 10.7. The Balaban J connectivity index is 1.10. The maximum Gasteiger partial charge on any atom is 0.235 e. The lowest BCUT2D eigenvalue weighted by atomic mass is 10.0. The van der Waals surface area contributed by atoms with E-state index in [0.717, 1.165) is 55.2 Å². The van der Waals surface area contributed by atoms with Crippen molar-refractivity contribution in [1.82, 2.24) is 23.5 Å². The lowest BCUT2D eigenvalue weighted by Crippen LogP contribution is -2.04. The molecule has 276 valence electrons. The van der Waals surface area contributed by atoms with Gasteiger partial charge in [0, 0.05) is 74.5 Å². The Morgan fingerprint density at radius 3 is 1.97 bits per heavy atom. The summed E-state index contributed by atoms with van der Waals surface area (Å²) in [7, 11) is 0. The van der Waals surface area contributed by atoms with Crippen LogP contribution < -0.4 is 0 Å². The molecule has 0 saturated heterocycles. The average Bonchev–Trinajstić information content (AvgIpc) is 4.02. The monoisotopic (exact) mass is 779 g/mol. The van der Waals surface area contributed by atoms with Crippen molar-refractivity contribution in [3.63, 3.8) is 0 Å². The number of thiophene rings is 1. The summed E-state index contributed by atoms with van der Waals surface area (Å²) in [4.78, 5) is 11.3. The van der Waals surface area contributed by atoms with E-state index in [0.29, 0.717) is 5.95 Å². The first-order valence-electron chi connectivity index (χ1n) is 20.4. The molecule has 0 aliphatic rings. The first-order valence-corrected chi connectivity index (χ1v) is 21.2. The van der Waals surface area contributed by atoms with Crippen molar-refractivity contribution in [3.8, 4) is 22.9 Å². The lowest BCUT2D eigenvalue weighted by Gasteiger charge is -2.14. The summed E-state index contributed by atoms with van der Waals surface area (Å²) < 4.78 is 9.83. The quantitative estimate of drug-likeness (QED) is 0.168. The molecule has 6 aromatic heterocycles. The van der Waals surface area contributed by atoms with Gasteiger partial charge in [-0.05, 0) is 78.2 Å². The first-order chi connectivity index (χ1) is 29.8. The van der Waals surface area contributed by atoms with Crippen LogP contribution in [0.5, 0.6) is 0 Å². The van der Waals surface area contributed by atoms with Crippen LogP contribution in [0, 0.1) is 0 Å². The maximum absolute atomic E-state index is 5.68. The molecule has 15 rings (SSSR count). The summed E-state index contributed by atoms with van der Waals surface area (Å²) in [5, 5.41) is 13.4. The minimum Gasteiger partial charge on any atom is -0.309 e. The van der Waals surface area contributed by atoms with Gasteiger partial charge in [0.1, 0.15) is 0 Å². The van der Waals surface area contributed by atoms with E-state index in [2.05, 4.69) is 189 Å². The highest BCUT2D eigenvalue weighted by Crippen LogP contribution is 2.50. The van der Waals surface area contributed by atoms with Gasteiger partial charge in [-0.15, -0.1) is 11.3 Å².